The average Bonchev–Trinajstić information content (AvgIpc) is 2.15. The summed E-state index contributed by atoms with van der Waals surface area (Å²) >= 11 is 4.01. The maximum absolute atomic E-state index is 9.60. The van der Waals surface area contributed by atoms with E-state index in [1.54, 1.807) is 6.07 Å². The number of benzene rings is 1. The molecule has 0 heterocycles. The number of thiol groups is 1. The molecular formula is C13H16OS. The summed E-state index contributed by atoms with van der Waals surface area (Å²) in [5.74, 6) is 6.47. The predicted octanol–water partition coefficient (Wildman–Crippen LogP) is 2.97. The van der Waals surface area contributed by atoms with Gasteiger partial charge in [-0.3, -0.25) is 0 Å². The molecule has 0 radical (unpaired) electrons. The third-order valence-electron chi connectivity index (χ3n) is 2.16. The van der Waals surface area contributed by atoms with Crippen molar-refractivity contribution in [3.63, 3.8) is 0 Å². The van der Waals surface area contributed by atoms with Crippen molar-refractivity contribution < 1.29 is 5.11 Å². The number of hydrogen-bond acceptors (Lipinski definition) is 2. The van der Waals surface area contributed by atoms with Gasteiger partial charge in [0.25, 0.3) is 0 Å². The molecule has 1 rings (SSSR count). The van der Waals surface area contributed by atoms with Crippen LogP contribution in [0.25, 0.3) is 0 Å². The van der Waals surface area contributed by atoms with Gasteiger partial charge in [0.15, 0.2) is 0 Å². The zero-order valence-electron chi connectivity index (χ0n) is 9.33. The van der Waals surface area contributed by atoms with E-state index in [4.69, 9.17) is 0 Å². The second kappa shape index (κ2) is 4.63. The maximum atomic E-state index is 9.60. The molecule has 0 aliphatic carbocycles. The molecule has 0 saturated heterocycles. The third-order valence-corrected chi connectivity index (χ3v) is 2.32. The second-order valence-corrected chi connectivity index (χ2v) is 4.76. The first-order valence-corrected chi connectivity index (χ1v) is 5.51. The molecule has 0 aliphatic rings. The fraction of sp³-hybridized carbons (Fsp3) is 0.385. The summed E-state index contributed by atoms with van der Waals surface area (Å²) in [6.45, 7) is 6.40. The van der Waals surface area contributed by atoms with Gasteiger partial charge in [-0.05, 0) is 23.1 Å². The van der Waals surface area contributed by atoms with Crippen molar-refractivity contribution in [1.29, 1.82) is 0 Å². The highest BCUT2D eigenvalue weighted by molar-refractivity contribution is 7.80. The highest BCUT2D eigenvalue weighted by Gasteiger charge is 2.14. The molecule has 2 heteroatoms. The van der Waals surface area contributed by atoms with Gasteiger partial charge in [-0.1, -0.05) is 38.7 Å². The van der Waals surface area contributed by atoms with Crippen LogP contribution in [0.2, 0.25) is 0 Å². The second-order valence-electron chi connectivity index (χ2n) is 4.44. The van der Waals surface area contributed by atoms with E-state index in [9.17, 15) is 5.11 Å². The molecule has 0 bridgehead atoms. The van der Waals surface area contributed by atoms with Crippen LogP contribution in [-0.4, -0.2) is 10.9 Å². The van der Waals surface area contributed by atoms with Crippen LogP contribution in [0.15, 0.2) is 18.2 Å². The lowest BCUT2D eigenvalue weighted by molar-refractivity contribution is 0.472. The smallest absolute Gasteiger partial charge is 0.131 e. The van der Waals surface area contributed by atoms with E-state index in [2.05, 4.69) is 45.2 Å². The lowest BCUT2D eigenvalue weighted by Gasteiger charge is -2.19. The molecule has 0 aliphatic heterocycles. The van der Waals surface area contributed by atoms with Crippen molar-refractivity contribution in [1.82, 2.24) is 0 Å². The first kappa shape index (κ1) is 12.0. The van der Waals surface area contributed by atoms with Gasteiger partial charge >= 0.3 is 0 Å². The fourth-order valence-corrected chi connectivity index (χ4v) is 1.32. The highest BCUT2D eigenvalue weighted by atomic mass is 32.1. The van der Waals surface area contributed by atoms with Gasteiger partial charge in [0.1, 0.15) is 5.75 Å². The summed E-state index contributed by atoms with van der Waals surface area (Å²) in [7, 11) is 0. The lowest BCUT2D eigenvalue weighted by Crippen LogP contribution is -2.10. The van der Waals surface area contributed by atoms with Crippen LogP contribution in [-0.2, 0) is 5.41 Å². The van der Waals surface area contributed by atoms with Crippen LogP contribution >= 0.6 is 12.6 Å². The van der Waals surface area contributed by atoms with Gasteiger partial charge in [0.2, 0.25) is 0 Å². The minimum absolute atomic E-state index is 0.0745. The number of phenolic OH excluding ortho intramolecular Hbond substituents is 1. The first-order chi connectivity index (χ1) is 6.95. The Kier molecular flexibility index (Phi) is 3.71. The van der Waals surface area contributed by atoms with Crippen LogP contribution in [0.1, 0.15) is 31.9 Å². The molecule has 0 fully saturated rings. The normalized spacial score (nSPS) is 10.7. The number of hydrogen-bond donors (Lipinski definition) is 2. The zero-order valence-corrected chi connectivity index (χ0v) is 10.2. The van der Waals surface area contributed by atoms with E-state index < -0.39 is 0 Å². The van der Waals surface area contributed by atoms with E-state index in [-0.39, 0.29) is 11.2 Å². The van der Waals surface area contributed by atoms with E-state index in [1.807, 2.05) is 12.1 Å². The van der Waals surface area contributed by atoms with Crippen molar-refractivity contribution in [2.24, 2.45) is 0 Å². The first-order valence-electron chi connectivity index (χ1n) is 4.88. The fourth-order valence-electron chi connectivity index (χ4n) is 1.24. The van der Waals surface area contributed by atoms with E-state index >= 15 is 0 Å². The molecule has 0 saturated carbocycles. The van der Waals surface area contributed by atoms with Crippen LogP contribution in [0, 0.1) is 11.8 Å². The Labute approximate surface area is 96.9 Å². The van der Waals surface area contributed by atoms with Gasteiger partial charge in [-0.25, -0.2) is 0 Å². The molecule has 0 unspecified atom stereocenters. The maximum Gasteiger partial charge on any atom is 0.131 e. The van der Waals surface area contributed by atoms with Crippen LogP contribution in [0.5, 0.6) is 5.75 Å². The zero-order chi connectivity index (χ0) is 11.5. The summed E-state index contributed by atoms with van der Waals surface area (Å²) in [5, 5.41) is 9.60. The molecule has 1 N–H and O–H groups in total. The molecule has 0 aromatic heterocycles. The Hall–Kier alpha value is -1.07. The van der Waals surface area contributed by atoms with Crippen molar-refractivity contribution in [2.75, 3.05) is 5.75 Å². The molecule has 1 aromatic rings. The Bertz CT molecular complexity index is 405. The van der Waals surface area contributed by atoms with E-state index in [1.165, 1.54) is 5.56 Å². The molecule has 1 nitrogen and oxygen atoms in total. The lowest BCUT2D eigenvalue weighted by atomic mass is 9.86. The third kappa shape index (κ3) is 3.21. The van der Waals surface area contributed by atoms with E-state index in [0.717, 1.165) is 0 Å². The quantitative estimate of drug-likeness (QED) is 0.509. The Morgan fingerprint density at radius 1 is 1.33 bits per heavy atom. The molecule has 1 aromatic carbocycles. The van der Waals surface area contributed by atoms with Crippen LogP contribution < -0.4 is 0 Å². The summed E-state index contributed by atoms with van der Waals surface area (Å²) in [5.41, 5.74) is 1.92. The van der Waals surface area contributed by atoms with Crippen molar-refractivity contribution in [2.45, 2.75) is 26.2 Å². The minimum atomic E-state index is 0.0745. The van der Waals surface area contributed by atoms with Crippen molar-refractivity contribution in [3.8, 4) is 17.6 Å². The molecular weight excluding hydrogens is 204 g/mol. The van der Waals surface area contributed by atoms with Crippen molar-refractivity contribution >= 4 is 12.6 Å². The number of rotatable bonds is 0. The molecule has 80 valence electrons. The summed E-state index contributed by atoms with van der Waals surface area (Å²) < 4.78 is 0. The summed E-state index contributed by atoms with van der Waals surface area (Å²) in [6, 6.07) is 5.57. The minimum Gasteiger partial charge on any atom is -0.507 e. The summed E-state index contributed by atoms with van der Waals surface area (Å²) in [6.07, 6.45) is 0. The van der Waals surface area contributed by atoms with Crippen LogP contribution in [0.4, 0.5) is 0 Å². The van der Waals surface area contributed by atoms with Gasteiger partial charge in [0.05, 0.1) is 11.3 Å². The van der Waals surface area contributed by atoms with Crippen molar-refractivity contribution in [3.05, 3.63) is 29.3 Å². The monoisotopic (exact) mass is 220 g/mol. The molecule has 0 spiro atoms. The average molecular weight is 220 g/mol. The molecule has 0 atom stereocenters. The van der Waals surface area contributed by atoms with Gasteiger partial charge in [-0.15, -0.1) is 0 Å². The summed E-state index contributed by atoms with van der Waals surface area (Å²) in [4.78, 5) is 0. The SMILES string of the molecule is CC(C)(C)c1ccc(O)c(C#CCS)c1. The number of aromatic hydroxyl groups is 1. The Morgan fingerprint density at radius 3 is 2.53 bits per heavy atom. The molecule has 0 amide bonds. The number of phenols is 1. The highest BCUT2D eigenvalue weighted by Crippen LogP contribution is 2.26. The molecule has 15 heavy (non-hydrogen) atoms. The van der Waals surface area contributed by atoms with Crippen LogP contribution in [0.3, 0.4) is 0 Å². The Morgan fingerprint density at radius 2 is 2.00 bits per heavy atom. The van der Waals surface area contributed by atoms with Gasteiger partial charge < -0.3 is 5.11 Å². The Balaban J connectivity index is 3.17. The largest absolute Gasteiger partial charge is 0.507 e. The topological polar surface area (TPSA) is 20.2 Å². The van der Waals surface area contributed by atoms with Gasteiger partial charge in [-0.2, -0.15) is 12.6 Å². The predicted molar refractivity (Wildman–Crippen MR) is 67.5 cm³/mol. The standard InChI is InChI=1S/C13H16OS/c1-13(2,3)11-6-7-12(14)10(9-11)5-4-8-15/h6-7,9,14-15H,8H2,1-3H3. The van der Waals surface area contributed by atoms with Gasteiger partial charge in [0, 0.05) is 0 Å². The van der Waals surface area contributed by atoms with E-state index in [0.29, 0.717) is 11.3 Å².